The van der Waals surface area contributed by atoms with E-state index >= 15 is 0 Å². The van der Waals surface area contributed by atoms with E-state index in [1.165, 1.54) is 48.5 Å². The van der Waals surface area contributed by atoms with Crippen LogP contribution in [0.25, 0.3) is 5.57 Å². The molecule has 3 aromatic carbocycles. The van der Waals surface area contributed by atoms with Crippen LogP contribution in [-0.4, -0.2) is 15.6 Å². The molecule has 8 heteroatoms. The highest BCUT2D eigenvalue weighted by atomic mass is 16.7. The van der Waals surface area contributed by atoms with Gasteiger partial charge in [-0.25, -0.2) is 0 Å². The lowest BCUT2D eigenvalue weighted by Crippen LogP contribution is -2.41. The second kappa shape index (κ2) is 8.73. The summed E-state index contributed by atoms with van der Waals surface area (Å²) in [6, 6.07) is 21.3. The molecule has 4 rings (SSSR count). The van der Waals surface area contributed by atoms with E-state index < -0.39 is 15.6 Å². The van der Waals surface area contributed by atoms with Crippen molar-refractivity contribution in [2.75, 3.05) is 0 Å². The molecule has 0 bridgehead atoms. The Labute approximate surface area is 183 Å². The van der Waals surface area contributed by atoms with Gasteiger partial charge in [-0.2, -0.15) is 0 Å². The van der Waals surface area contributed by atoms with E-state index in [-0.39, 0.29) is 11.4 Å². The fraction of sp³-hybridized carbons (Fsp3) is 0.0833. The van der Waals surface area contributed by atoms with Crippen LogP contribution in [0.2, 0.25) is 0 Å². The summed E-state index contributed by atoms with van der Waals surface area (Å²) in [6.07, 6.45) is 5.99. The number of hydrogen-bond acceptors (Lipinski definition) is 6. The average molecular weight is 430 g/mol. The third-order valence-corrected chi connectivity index (χ3v) is 4.91. The minimum absolute atomic E-state index is 0.0480. The van der Waals surface area contributed by atoms with E-state index in [1.54, 1.807) is 6.08 Å². The van der Waals surface area contributed by atoms with Gasteiger partial charge in [0.25, 0.3) is 17.2 Å². The number of hydrogen-bond donors (Lipinski definition) is 0. The molecular weight excluding hydrogens is 412 g/mol. The average Bonchev–Trinajstić information content (AvgIpc) is 2.81. The minimum Gasteiger partial charge on any atom is -0.448 e. The summed E-state index contributed by atoms with van der Waals surface area (Å²) in [7, 11) is 0. The van der Waals surface area contributed by atoms with Gasteiger partial charge >= 0.3 is 0 Å². The van der Waals surface area contributed by atoms with Crippen LogP contribution in [0.5, 0.6) is 11.5 Å². The van der Waals surface area contributed by atoms with Gasteiger partial charge in [0, 0.05) is 36.8 Å². The first-order chi connectivity index (χ1) is 15.4. The summed E-state index contributed by atoms with van der Waals surface area (Å²) >= 11 is 0. The van der Waals surface area contributed by atoms with Crippen molar-refractivity contribution >= 4 is 16.9 Å². The van der Waals surface area contributed by atoms with Crippen molar-refractivity contribution < 1.29 is 19.3 Å². The SMILES string of the molecule is O=[N+]([O-])c1ccc(OC2(Oc3ccc([N+](=O)[O-])cc3)C=CC(c3ccccc3)=CC2)cc1. The third-order valence-electron chi connectivity index (χ3n) is 4.91. The van der Waals surface area contributed by atoms with Gasteiger partial charge in [0.1, 0.15) is 11.5 Å². The second-order valence-electron chi connectivity index (χ2n) is 7.08. The minimum atomic E-state index is -1.23. The van der Waals surface area contributed by atoms with Crippen molar-refractivity contribution in [3.05, 3.63) is 123 Å². The molecule has 0 saturated carbocycles. The van der Waals surface area contributed by atoms with Crippen molar-refractivity contribution in [1.82, 2.24) is 0 Å². The maximum atomic E-state index is 10.9. The zero-order valence-electron chi connectivity index (χ0n) is 16.8. The highest BCUT2D eigenvalue weighted by molar-refractivity contribution is 5.75. The van der Waals surface area contributed by atoms with Crippen LogP contribution in [-0.2, 0) is 0 Å². The molecule has 0 fully saturated rings. The number of nitrogens with zero attached hydrogens (tertiary/aromatic N) is 2. The number of benzene rings is 3. The van der Waals surface area contributed by atoms with Crippen LogP contribution >= 0.6 is 0 Å². The van der Waals surface area contributed by atoms with Gasteiger partial charge in [-0.15, -0.1) is 0 Å². The largest absolute Gasteiger partial charge is 0.448 e. The number of nitro benzene ring substituents is 2. The molecule has 0 radical (unpaired) electrons. The highest BCUT2D eigenvalue weighted by Gasteiger charge is 2.34. The Hall–Kier alpha value is -4.46. The summed E-state index contributed by atoms with van der Waals surface area (Å²) in [6.45, 7) is 0. The number of rotatable bonds is 7. The maximum absolute atomic E-state index is 10.9. The predicted molar refractivity (Wildman–Crippen MR) is 118 cm³/mol. The second-order valence-corrected chi connectivity index (χ2v) is 7.08. The molecule has 0 atom stereocenters. The summed E-state index contributed by atoms with van der Waals surface area (Å²) in [5.74, 6) is -0.456. The Morgan fingerprint density at radius 2 is 1.22 bits per heavy atom. The Bertz CT molecular complexity index is 1130. The fourth-order valence-corrected chi connectivity index (χ4v) is 3.29. The summed E-state index contributed by atoms with van der Waals surface area (Å²) in [4.78, 5) is 20.9. The molecular formula is C24H18N2O6. The monoisotopic (exact) mass is 430 g/mol. The lowest BCUT2D eigenvalue weighted by Gasteiger charge is -2.33. The van der Waals surface area contributed by atoms with Crippen LogP contribution in [0, 0.1) is 20.2 Å². The summed E-state index contributed by atoms with van der Waals surface area (Å²) in [5, 5.41) is 21.9. The fourth-order valence-electron chi connectivity index (χ4n) is 3.29. The highest BCUT2D eigenvalue weighted by Crippen LogP contribution is 2.34. The van der Waals surface area contributed by atoms with Gasteiger partial charge in [-0.1, -0.05) is 42.5 Å². The van der Waals surface area contributed by atoms with Crippen LogP contribution in [0.3, 0.4) is 0 Å². The maximum Gasteiger partial charge on any atom is 0.274 e. The van der Waals surface area contributed by atoms with Crippen molar-refractivity contribution in [1.29, 1.82) is 0 Å². The van der Waals surface area contributed by atoms with Crippen LogP contribution in [0.4, 0.5) is 11.4 Å². The summed E-state index contributed by atoms with van der Waals surface area (Å²) in [5.41, 5.74) is 1.95. The molecule has 1 aliphatic rings. The van der Waals surface area contributed by atoms with Crippen molar-refractivity contribution in [3.63, 3.8) is 0 Å². The topological polar surface area (TPSA) is 105 Å². The van der Waals surface area contributed by atoms with E-state index in [0.29, 0.717) is 17.9 Å². The van der Waals surface area contributed by atoms with Gasteiger partial charge in [0.05, 0.1) is 9.85 Å². The molecule has 0 saturated heterocycles. The molecule has 0 aromatic heterocycles. The number of non-ortho nitro benzene ring substituents is 2. The van der Waals surface area contributed by atoms with E-state index in [0.717, 1.165) is 11.1 Å². The van der Waals surface area contributed by atoms with Crippen LogP contribution < -0.4 is 9.47 Å². The molecule has 0 heterocycles. The van der Waals surface area contributed by atoms with E-state index in [9.17, 15) is 20.2 Å². The Morgan fingerprint density at radius 1 is 0.719 bits per heavy atom. The number of nitro groups is 2. The Kier molecular flexibility index (Phi) is 5.67. The molecule has 0 unspecified atom stereocenters. The Balaban J connectivity index is 1.62. The standard InChI is InChI=1S/C24H18N2O6/c27-25(28)20-6-10-22(11-7-20)31-24(32-23-12-8-21(9-13-23)26(29)30)16-14-19(15-17-24)18-4-2-1-3-5-18/h1-16H,17H2. The first kappa shape index (κ1) is 20.8. The predicted octanol–water partition coefficient (Wildman–Crippen LogP) is 5.70. The molecule has 0 amide bonds. The van der Waals surface area contributed by atoms with Gasteiger partial charge in [-0.05, 0) is 35.4 Å². The van der Waals surface area contributed by atoms with E-state index in [1.807, 2.05) is 42.5 Å². The zero-order chi connectivity index (χ0) is 22.6. The van der Waals surface area contributed by atoms with Gasteiger partial charge < -0.3 is 9.47 Å². The molecule has 0 spiro atoms. The van der Waals surface area contributed by atoms with Gasteiger partial charge in [-0.3, -0.25) is 20.2 Å². The first-order valence-corrected chi connectivity index (χ1v) is 9.76. The zero-order valence-corrected chi connectivity index (χ0v) is 16.8. The smallest absolute Gasteiger partial charge is 0.274 e. The van der Waals surface area contributed by atoms with Crippen molar-refractivity contribution in [2.45, 2.75) is 12.2 Å². The molecule has 0 aliphatic heterocycles. The van der Waals surface area contributed by atoms with E-state index in [2.05, 4.69) is 0 Å². The molecule has 32 heavy (non-hydrogen) atoms. The molecule has 1 aliphatic carbocycles. The van der Waals surface area contributed by atoms with Crippen LogP contribution in [0.1, 0.15) is 12.0 Å². The lowest BCUT2D eigenvalue weighted by molar-refractivity contribution is -0.385. The third kappa shape index (κ3) is 4.65. The Morgan fingerprint density at radius 3 is 1.62 bits per heavy atom. The van der Waals surface area contributed by atoms with E-state index in [4.69, 9.17) is 9.47 Å². The van der Waals surface area contributed by atoms with Crippen molar-refractivity contribution in [3.8, 4) is 11.5 Å². The quantitative estimate of drug-likeness (QED) is 0.270. The molecule has 3 aromatic rings. The van der Waals surface area contributed by atoms with Gasteiger partial charge in [0.15, 0.2) is 0 Å². The van der Waals surface area contributed by atoms with Gasteiger partial charge in [0.2, 0.25) is 0 Å². The summed E-state index contributed by atoms with van der Waals surface area (Å²) < 4.78 is 12.3. The number of allylic oxidation sites excluding steroid dienone is 2. The van der Waals surface area contributed by atoms with Crippen LogP contribution in [0.15, 0.2) is 97.1 Å². The normalized spacial score (nSPS) is 14.3. The lowest BCUT2D eigenvalue weighted by atomic mass is 9.96. The number of ether oxygens (including phenoxy) is 2. The van der Waals surface area contributed by atoms with Crippen molar-refractivity contribution in [2.24, 2.45) is 0 Å². The first-order valence-electron chi connectivity index (χ1n) is 9.76. The molecule has 8 nitrogen and oxygen atoms in total. The molecule has 160 valence electrons. The molecule has 0 N–H and O–H groups in total.